The van der Waals surface area contributed by atoms with Crippen LogP contribution in [0.15, 0.2) is 18.2 Å². The van der Waals surface area contributed by atoms with E-state index in [0.29, 0.717) is 0 Å². The molecule has 0 aliphatic rings. The van der Waals surface area contributed by atoms with Crippen molar-refractivity contribution in [2.24, 2.45) is 7.05 Å². The number of carbonyl (C=O) groups is 1. The number of anilines is 1. The predicted octanol–water partition coefficient (Wildman–Crippen LogP) is 2.89. The van der Waals surface area contributed by atoms with Crippen molar-refractivity contribution in [3.8, 4) is 11.5 Å². The van der Waals surface area contributed by atoms with E-state index in [1.54, 1.807) is 6.92 Å². The molecule has 0 aliphatic carbocycles. The summed E-state index contributed by atoms with van der Waals surface area (Å²) in [6, 6.07) is 3.78. The first-order valence-electron chi connectivity index (χ1n) is 7.45. The fourth-order valence-electron chi connectivity index (χ4n) is 2.21. The Morgan fingerprint density at radius 2 is 2.12 bits per heavy atom. The van der Waals surface area contributed by atoms with Crippen molar-refractivity contribution in [3.63, 3.8) is 0 Å². The zero-order chi connectivity index (χ0) is 19.4. The molecule has 0 aliphatic heterocycles. The van der Waals surface area contributed by atoms with Gasteiger partial charge in [-0.2, -0.15) is 13.9 Å². The zero-order valence-corrected chi connectivity index (χ0v) is 14.2. The topological polar surface area (TPSA) is 109 Å². The lowest BCUT2D eigenvalue weighted by molar-refractivity contribution is -0.385. The molecule has 11 heteroatoms. The standard InChI is InChI=1S/C15H16F2N4O5/c1-4-25-11-7-9(5-6-10(11)26-15(16)17)18-14(22)12-13(21(23)24)8(2)20(3)19-12/h5-7,15H,4H2,1-3H3,(H,18,22). The van der Waals surface area contributed by atoms with Gasteiger partial charge in [0.1, 0.15) is 5.69 Å². The van der Waals surface area contributed by atoms with Gasteiger partial charge in [0.05, 0.1) is 11.5 Å². The van der Waals surface area contributed by atoms with Gasteiger partial charge in [0.2, 0.25) is 5.69 Å². The number of hydrogen-bond donors (Lipinski definition) is 1. The van der Waals surface area contributed by atoms with Crippen molar-refractivity contribution in [1.29, 1.82) is 0 Å². The molecular formula is C15H16F2N4O5. The van der Waals surface area contributed by atoms with E-state index < -0.39 is 23.1 Å². The van der Waals surface area contributed by atoms with Gasteiger partial charge in [-0.3, -0.25) is 19.6 Å². The van der Waals surface area contributed by atoms with Crippen molar-refractivity contribution in [3.05, 3.63) is 39.7 Å². The first-order valence-corrected chi connectivity index (χ1v) is 7.45. The molecule has 0 spiro atoms. The number of alkyl halides is 2. The number of aryl methyl sites for hydroxylation is 1. The number of nitrogens with zero attached hydrogens (tertiary/aromatic N) is 3. The number of rotatable bonds is 7. The summed E-state index contributed by atoms with van der Waals surface area (Å²) < 4.78 is 35.6. The fraction of sp³-hybridized carbons (Fsp3) is 0.333. The van der Waals surface area contributed by atoms with E-state index in [4.69, 9.17) is 4.74 Å². The summed E-state index contributed by atoms with van der Waals surface area (Å²) in [5.41, 5.74) is -0.373. The van der Waals surface area contributed by atoms with E-state index in [2.05, 4.69) is 15.2 Å². The van der Waals surface area contributed by atoms with Crippen LogP contribution in [-0.2, 0) is 7.05 Å². The second-order valence-corrected chi connectivity index (χ2v) is 5.09. The van der Waals surface area contributed by atoms with Crippen LogP contribution in [0.2, 0.25) is 0 Å². The Morgan fingerprint density at radius 1 is 1.42 bits per heavy atom. The van der Waals surface area contributed by atoms with Crippen LogP contribution >= 0.6 is 0 Å². The number of aromatic nitrogens is 2. The summed E-state index contributed by atoms with van der Waals surface area (Å²) in [4.78, 5) is 22.8. The summed E-state index contributed by atoms with van der Waals surface area (Å²) >= 11 is 0. The van der Waals surface area contributed by atoms with Crippen LogP contribution in [0.4, 0.5) is 20.2 Å². The number of carbonyl (C=O) groups excluding carboxylic acids is 1. The van der Waals surface area contributed by atoms with E-state index >= 15 is 0 Å². The molecule has 9 nitrogen and oxygen atoms in total. The van der Waals surface area contributed by atoms with Gasteiger partial charge in [0.25, 0.3) is 5.91 Å². The van der Waals surface area contributed by atoms with E-state index in [0.717, 1.165) is 0 Å². The summed E-state index contributed by atoms with van der Waals surface area (Å²) in [5.74, 6) is -1.01. The number of nitrogens with one attached hydrogen (secondary N) is 1. The maximum absolute atomic E-state index is 12.4. The van der Waals surface area contributed by atoms with Gasteiger partial charge in [-0.15, -0.1) is 0 Å². The molecule has 0 saturated carbocycles. The van der Waals surface area contributed by atoms with Gasteiger partial charge < -0.3 is 14.8 Å². The van der Waals surface area contributed by atoms with Crippen molar-refractivity contribution in [1.82, 2.24) is 9.78 Å². The summed E-state index contributed by atoms with van der Waals surface area (Å²) in [5, 5.41) is 17.4. The Bertz CT molecular complexity index is 838. The molecule has 1 heterocycles. The molecule has 1 amide bonds. The molecule has 0 fully saturated rings. The highest BCUT2D eigenvalue weighted by Gasteiger charge is 2.29. The highest BCUT2D eigenvalue weighted by atomic mass is 19.3. The van der Waals surface area contributed by atoms with Crippen LogP contribution in [-0.4, -0.2) is 33.8 Å². The van der Waals surface area contributed by atoms with Crippen molar-refractivity contribution in [2.75, 3.05) is 11.9 Å². The molecule has 2 rings (SSSR count). The van der Waals surface area contributed by atoms with Crippen LogP contribution in [0.1, 0.15) is 23.1 Å². The van der Waals surface area contributed by atoms with E-state index in [1.807, 2.05) is 0 Å². The van der Waals surface area contributed by atoms with E-state index in [-0.39, 0.29) is 35.2 Å². The smallest absolute Gasteiger partial charge is 0.387 e. The molecule has 1 N–H and O–H groups in total. The highest BCUT2D eigenvalue weighted by Crippen LogP contribution is 2.32. The van der Waals surface area contributed by atoms with Crippen molar-refractivity contribution >= 4 is 17.3 Å². The third-order valence-electron chi connectivity index (χ3n) is 3.42. The van der Waals surface area contributed by atoms with Crippen LogP contribution in [0, 0.1) is 17.0 Å². The van der Waals surface area contributed by atoms with Crippen LogP contribution in [0.5, 0.6) is 11.5 Å². The Kier molecular flexibility index (Phi) is 5.70. The maximum Gasteiger partial charge on any atom is 0.387 e. The first-order chi connectivity index (χ1) is 12.2. The average Bonchev–Trinajstić information content (AvgIpc) is 2.85. The maximum atomic E-state index is 12.4. The average molecular weight is 370 g/mol. The minimum absolute atomic E-state index is 0.00250. The molecule has 26 heavy (non-hydrogen) atoms. The minimum atomic E-state index is -3.03. The van der Waals surface area contributed by atoms with Gasteiger partial charge in [-0.05, 0) is 26.0 Å². The Balaban J connectivity index is 2.31. The van der Waals surface area contributed by atoms with Crippen molar-refractivity contribution < 1.29 is 28.0 Å². The third kappa shape index (κ3) is 4.05. The lowest BCUT2D eigenvalue weighted by Gasteiger charge is -2.13. The van der Waals surface area contributed by atoms with Gasteiger partial charge >= 0.3 is 12.3 Å². The number of benzene rings is 1. The van der Waals surface area contributed by atoms with E-state index in [1.165, 1.54) is 36.9 Å². The summed E-state index contributed by atoms with van der Waals surface area (Å²) in [6.07, 6.45) is 0. The van der Waals surface area contributed by atoms with Crippen LogP contribution in [0.3, 0.4) is 0 Å². The second-order valence-electron chi connectivity index (χ2n) is 5.09. The van der Waals surface area contributed by atoms with Gasteiger partial charge in [-0.1, -0.05) is 0 Å². The SMILES string of the molecule is CCOc1cc(NC(=O)c2nn(C)c(C)c2[N+](=O)[O-])ccc1OC(F)F. The molecule has 0 bridgehead atoms. The van der Waals surface area contributed by atoms with Gasteiger partial charge in [0, 0.05) is 18.8 Å². The Hall–Kier alpha value is -3.24. The van der Waals surface area contributed by atoms with Crippen molar-refractivity contribution in [2.45, 2.75) is 20.5 Å². The molecular weight excluding hydrogens is 354 g/mol. The molecule has 2 aromatic rings. The second kappa shape index (κ2) is 7.76. The summed E-state index contributed by atoms with van der Waals surface area (Å²) in [6.45, 7) is 0.263. The Morgan fingerprint density at radius 3 is 2.69 bits per heavy atom. The van der Waals surface area contributed by atoms with Gasteiger partial charge in [-0.25, -0.2) is 0 Å². The molecule has 1 aromatic carbocycles. The monoisotopic (exact) mass is 370 g/mol. The number of amides is 1. The normalized spacial score (nSPS) is 10.7. The highest BCUT2D eigenvalue weighted by molar-refractivity contribution is 6.06. The van der Waals surface area contributed by atoms with Crippen LogP contribution < -0.4 is 14.8 Å². The van der Waals surface area contributed by atoms with Gasteiger partial charge in [0.15, 0.2) is 11.5 Å². The third-order valence-corrected chi connectivity index (χ3v) is 3.42. The molecule has 0 saturated heterocycles. The predicted molar refractivity (Wildman–Crippen MR) is 86.8 cm³/mol. The molecule has 140 valence electrons. The fourth-order valence-corrected chi connectivity index (χ4v) is 2.21. The minimum Gasteiger partial charge on any atom is -0.490 e. The quantitative estimate of drug-likeness (QED) is 0.593. The number of nitro groups is 1. The molecule has 0 radical (unpaired) electrons. The number of ether oxygens (including phenoxy) is 2. The largest absolute Gasteiger partial charge is 0.490 e. The molecule has 0 unspecified atom stereocenters. The Labute approximate surface area is 146 Å². The number of halogens is 2. The molecule has 1 aromatic heterocycles. The zero-order valence-electron chi connectivity index (χ0n) is 14.2. The first kappa shape index (κ1) is 19.1. The summed E-state index contributed by atoms with van der Waals surface area (Å²) in [7, 11) is 1.47. The van der Waals surface area contributed by atoms with Crippen LogP contribution in [0.25, 0.3) is 0 Å². The lowest BCUT2D eigenvalue weighted by atomic mass is 10.2. The number of hydrogen-bond acceptors (Lipinski definition) is 6. The van der Waals surface area contributed by atoms with E-state index in [9.17, 15) is 23.7 Å². The lowest BCUT2D eigenvalue weighted by Crippen LogP contribution is -2.15. The molecule has 0 atom stereocenters.